The minimum atomic E-state index is -0.820. The van der Waals surface area contributed by atoms with E-state index in [0.29, 0.717) is 35.0 Å². The maximum Gasteiger partial charge on any atom is 0.335 e. The maximum atomic E-state index is 13.5. The summed E-state index contributed by atoms with van der Waals surface area (Å²) in [5, 5.41) is 9.46. The highest BCUT2D eigenvalue weighted by Crippen LogP contribution is 2.63. The van der Waals surface area contributed by atoms with Crippen molar-refractivity contribution < 1.29 is 14.7 Å². The molecule has 1 aromatic carbocycles. The van der Waals surface area contributed by atoms with E-state index in [2.05, 4.69) is 13.8 Å². The molecule has 5 atom stereocenters. The Morgan fingerprint density at radius 3 is 2.50 bits per heavy atom. The molecule has 3 nitrogen and oxygen atoms in total. The summed E-state index contributed by atoms with van der Waals surface area (Å²) in [6.45, 7) is 4.55. The highest BCUT2D eigenvalue weighted by molar-refractivity contribution is 5.88. The van der Waals surface area contributed by atoms with Crippen LogP contribution in [0.4, 0.5) is 0 Å². The summed E-state index contributed by atoms with van der Waals surface area (Å²) in [7, 11) is 0. The van der Waals surface area contributed by atoms with Gasteiger partial charge in [0.2, 0.25) is 0 Å². The molecule has 0 heterocycles. The third-order valence-corrected chi connectivity index (χ3v) is 9.63. The normalized spacial score (nSPS) is 35.9. The number of hydrogen-bond donors (Lipinski definition) is 1. The van der Waals surface area contributed by atoms with Crippen molar-refractivity contribution in [2.45, 2.75) is 90.4 Å². The van der Waals surface area contributed by atoms with Gasteiger partial charge in [0, 0.05) is 11.8 Å². The number of fused-ring (bicyclic) bond motifs is 5. The number of carboxylic acid groups (broad SMARTS) is 1. The number of Topliss-reactive ketones (excluding diaryl/α,β-unsaturated/α-hetero) is 1. The van der Waals surface area contributed by atoms with Crippen LogP contribution in [0.5, 0.6) is 0 Å². The molecule has 0 spiro atoms. The van der Waals surface area contributed by atoms with E-state index in [4.69, 9.17) is 0 Å². The molecule has 0 radical (unpaired) electrons. The lowest BCUT2D eigenvalue weighted by Gasteiger charge is -2.51. The van der Waals surface area contributed by atoms with Gasteiger partial charge in [0.1, 0.15) is 5.78 Å². The zero-order valence-corrected chi connectivity index (χ0v) is 18.6. The number of rotatable bonds is 3. The number of aromatic carboxylic acids is 1. The molecule has 162 valence electrons. The van der Waals surface area contributed by atoms with Crippen molar-refractivity contribution in [3.05, 3.63) is 34.4 Å². The molecule has 5 rings (SSSR count). The Morgan fingerprint density at radius 2 is 1.77 bits per heavy atom. The van der Waals surface area contributed by atoms with Crippen LogP contribution < -0.4 is 0 Å². The highest BCUT2D eigenvalue weighted by Gasteiger charge is 2.57. The number of carbonyl (C=O) groups is 2. The molecule has 3 saturated carbocycles. The second-order valence-electron chi connectivity index (χ2n) is 11.0. The molecule has 4 aliphatic carbocycles. The smallest absolute Gasteiger partial charge is 0.335 e. The molecule has 4 aliphatic rings. The van der Waals surface area contributed by atoms with Crippen LogP contribution in [0.3, 0.4) is 0 Å². The highest BCUT2D eigenvalue weighted by atomic mass is 16.4. The summed E-state index contributed by atoms with van der Waals surface area (Å²) in [5.41, 5.74) is 4.49. The van der Waals surface area contributed by atoms with Gasteiger partial charge in [-0.3, -0.25) is 4.79 Å². The second kappa shape index (κ2) is 7.50. The van der Waals surface area contributed by atoms with Crippen LogP contribution >= 0.6 is 0 Å². The topological polar surface area (TPSA) is 54.4 Å². The van der Waals surface area contributed by atoms with Gasteiger partial charge in [0.15, 0.2) is 0 Å². The van der Waals surface area contributed by atoms with Gasteiger partial charge in [-0.15, -0.1) is 0 Å². The predicted molar refractivity (Wildman–Crippen MR) is 118 cm³/mol. The lowest BCUT2D eigenvalue weighted by molar-refractivity contribution is -0.133. The fourth-order valence-electron chi connectivity index (χ4n) is 8.24. The summed E-state index contributed by atoms with van der Waals surface area (Å²) < 4.78 is 0. The van der Waals surface area contributed by atoms with Gasteiger partial charge < -0.3 is 5.11 Å². The number of ketones is 1. The van der Waals surface area contributed by atoms with Crippen molar-refractivity contribution in [2.75, 3.05) is 0 Å². The van der Waals surface area contributed by atoms with Crippen molar-refractivity contribution in [3.8, 4) is 0 Å². The zero-order valence-electron chi connectivity index (χ0n) is 18.6. The molecule has 0 amide bonds. The lowest BCUT2D eigenvalue weighted by Crippen LogP contribution is -2.45. The van der Waals surface area contributed by atoms with E-state index in [1.807, 2.05) is 12.1 Å². The first-order valence-corrected chi connectivity index (χ1v) is 12.3. The molecular formula is C27H36O3. The van der Waals surface area contributed by atoms with Gasteiger partial charge >= 0.3 is 5.97 Å². The zero-order chi connectivity index (χ0) is 21.0. The van der Waals surface area contributed by atoms with E-state index in [1.54, 1.807) is 0 Å². The van der Waals surface area contributed by atoms with E-state index < -0.39 is 5.97 Å². The van der Waals surface area contributed by atoms with Crippen LogP contribution in [0.1, 0.15) is 104 Å². The molecule has 0 saturated heterocycles. The Hall–Kier alpha value is -1.64. The molecule has 0 aromatic heterocycles. The summed E-state index contributed by atoms with van der Waals surface area (Å²) in [6.07, 6.45) is 12.8. The van der Waals surface area contributed by atoms with E-state index in [9.17, 15) is 14.7 Å². The molecule has 1 N–H and O–H groups in total. The summed E-state index contributed by atoms with van der Waals surface area (Å²) >= 11 is 0. The van der Waals surface area contributed by atoms with Crippen molar-refractivity contribution in [1.29, 1.82) is 0 Å². The van der Waals surface area contributed by atoms with Crippen LogP contribution in [-0.2, 0) is 11.2 Å². The largest absolute Gasteiger partial charge is 0.478 e. The van der Waals surface area contributed by atoms with Crippen molar-refractivity contribution in [3.63, 3.8) is 0 Å². The number of aryl methyl sites for hydroxylation is 2. The van der Waals surface area contributed by atoms with Gasteiger partial charge in [-0.25, -0.2) is 4.79 Å². The Morgan fingerprint density at radius 1 is 1.00 bits per heavy atom. The van der Waals surface area contributed by atoms with Crippen molar-refractivity contribution >= 4 is 11.8 Å². The SMILES string of the molecule is Cc1cc(C(=O)O)cc2c1[C@H]1CC[C@]3(C)[C@@H](C(=O)C4CCCCC4)CC[C@H]3[C@@H]1CC2. The van der Waals surface area contributed by atoms with Crippen molar-refractivity contribution in [1.82, 2.24) is 0 Å². The van der Waals surface area contributed by atoms with Crippen LogP contribution in [0.15, 0.2) is 12.1 Å². The molecule has 0 unspecified atom stereocenters. The van der Waals surface area contributed by atoms with Crippen LogP contribution in [0.25, 0.3) is 0 Å². The Balaban J connectivity index is 1.41. The Kier molecular flexibility index (Phi) is 5.07. The fourth-order valence-corrected chi connectivity index (χ4v) is 8.24. The minimum Gasteiger partial charge on any atom is -0.478 e. The Bertz CT molecular complexity index is 865. The number of carbonyl (C=O) groups excluding carboxylic acids is 1. The average Bonchev–Trinajstić information content (AvgIpc) is 3.10. The quantitative estimate of drug-likeness (QED) is 0.637. The number of benzene rings is 1. The van der Waals surface area contributed by atoms with Gasteiger partial charge in [-0.1, -0.05) is 26.2 Å². The molecule has 0 aliphatic heterocycles. The predicted octanol–water partition coefficient (Wildman–Crippen LogP) is 6.31. The summed E-state index contributed by atoms with van der Waals surface area (Å²) in [5.74, 6) is 2.27. The standard InChI is InChI=1S/C27H36O3/c1-16-14-19(26(29)30)15-18-8-9-20-21(24(16)18)12-13-27(2)22(20)10-11-23(27)25(28)17-6-4-3-5-7-17/h14-15,17,20-23H,3-13H2,1-2H3,(H,29,30)/t20-,21+,22+,23-,27+/m1/s1. The van der Waals surface area contributed by atoms with E-state index >= 15 is 0 Å². The van der Waals surface area contributed by atoms with Gasteiger partial charge in [-0.05, 0) is 110 Å². The molecule has 3 fully saturated rings. The number of hydrogen-bond acceptors (Lipinski definition) is 2. The molecule has 1 aromatic rings. The van der Waals surface area contributed by atoms with Gasteiger partial charge in [0.25, 0.3) is 0 Å². The Labute approximate surface area is 180 Å². The minimum absolute atomic E-state index is 0.183. The van der Waals surface area contributed by atoms with Crippen LogP contribution in [-0.4, -0.2) is 16.9 Å². The second-order valence-corrected chi connectivity index (χ2v) is 11.0. The summed E-state index contributed by atoms with van der Waals surface area (Å²) in [6, 6.07) is 3.81. The third kappa shape index (κ3) is 3.07. The van der Waals surface area contributed by atoms with E-state index in [-0.39, 0.29) is 11.3 Å². The van der Waals surface area contributed by atoms with Gasteiger partial charge in [-0.2, -0.15) is 0 Å². The average molecular weight is 409 g/mol. The van der Waals surface area contributed by atoms with Crippen LogP contribution in [0, 0.1) is 36.0 Å². The molecular weight excluding hydrogens is 372 g/mol. The monoisotopic (exact) mass is 408 g/mol. The molecule has 0 bridgehead atoms. The van der Waals surface area contributed by atoms with E-state index in [1.165, 1.54) is 36.8 Å². The number of carboxylic acids is 1. The molecule has 3 heteroatoms. The molecule has 30 heavy (non-hydrogen) atoms. The maximum absolute atomic E-state index is 13.5. The van der Waals surface area contributed by atoms with E-state index in [0.717, 1.165) is 50.5 Å². The van der Waals surface area contributed by atoms with Gasteiger partial charge in [0.05, 0.1) is 5.56 Å². The van der Waals surface area contributed by atoms with Crippen molar-refractivity contribution in [2.24, 2.45) is 29.1 Å². The summed E-state index contributed by atoms with van der Waals surface area (Å²) in [4.78, 5) is 25.0. The first-order chi connectivity index (χ1) is 14.4. The van der Waals surface area contributed by atoms with Crippen LogP contribution in [0.2, 0.25) is 0 Å². The third-order valence-electron chi connectivity index (χ3n) is 9.63. The fraction of sp³-hybridized carbons (Fsp3) is 0.704. The first kappa shape index (κ1) is 20.3. The first-order valence-electron chi connectivity index (χ1n) is 12.3. The lowest BCUT2D eigenvalue weighted by atomic mass is 9.53.